The molecule has 0 spiro atoms. The highest BCUT2D eigenvalue weighted by molar-refractivity contribution is 6.31. The van der Waals surface area contributed by atoms with Gasteiger partial charge in [0.25, 0.3) is 0 Å². The van der Waals surface area contributed by atoms with Crippen LogP contribution in [0.2, 0.25) is 5.02 Å². The number of imidazole rings is 1. The summed E-state index contributed by atoms with van der Waals surface area (Å²) in [4.78, 5) is 4.15. The van der Waals surface area contributed by atoms with E-state index in [0.29, 0.717) is 22.1 Å². The minimum absolute atomic E-state index is 0.0546. The normalized spacial score (nSPS) is 11.3. The van der Waals surface area contributed by atoms with Gasteiger partial charge in [-0.1, -0.05) is 11.6 Å². The smallest absolute Gasteiger partial charge is 0.203 e. The Morgan fingerprint density at radius 3 is 2.57 bits per heavy atom. The highest BCUT2D eigenvalue weighted by Crippen LogP contribution is 2.33. The Hall–Kier alpha value is -2.21. The van der Waals surface area contributed by atoms with Crippen molar-refractivity contribution in [2.24, 2.45) is 7.05 Å². The van der Waals surface area contributed by atoms with Crippen molar-refractivity contribution >= 4 is 22.6 Å². The molecule has 1 heterocycles. The number of hydrogen-bond donors (Lipinski definition) is 1. The molecule has 0 unspecified atom stereocenters. The van der Waals surface area contributed by atoms with E-state index in [2.05, 4.69) is 4.98 Å². The first-order chi connectivity index (χ1) is 9.90. The Bertz CT molecular complexity index is 877. The molecular formula is C14H8ClF3N2O. The van der Waals surface area contributed by atoms with Crippen LogP contribution in [0.4, 0.5) is 13.2 Å². The SMILES string of the molecule is Cn1c(-c2cc(F)c(F)c(O)c2F)nc2cc(Cl)ccc21. The van der Waals surface area contributed by atoms with Crippen LogP contribution in [0.3, 0.4) is 0 Å². The first-order valence-electron chi connectivity index (χ1n) is 5.89. The van der Waals surface area contributed by atoms with Crippen LogP contribution >= 0.6 is 11.6 Å². The summed E-state index contributed by atoms with van der Waals surface area (Å²) in [6.45, 7) is 0. The summed E-state index contributed by atoms with van der Waals surface area (Å²) < 4.78 is 42.0. The fourth-order valence-corrected chi connectivity index (χ4v) is 2.33. The van der Waals surface area contributed by atoms with Crippen LogP contribution in [0, 0.1) is 17.5 Å². The van der Waals surface area contributed by atoms with E-state index < -0.39 is 23.2 Å². The minimum Gasteiger partial charge on any atom is -0.503 e. The first kappa shape index (κ1) is 13.8. The molecule has 3 aromatic rings. The second-order valence-corrected chi connectivity index (χ2v) is 4.95. The fraction of sp³-hybridized carbons (Fsp3) is 0.0714. The Labute approximate surface area is 122 Å². The molecule has 7 heteroatoms. The second kappa shape index (κ2) is 4.66. The molecule has 0 bridgehead atoms. The van der Waals surface area contributed by atoms with Gasteiger partial charge in [-0.15, -0.1) is 0 Å². The molecule has 1 aromatic heterocycles. The van der Waals surface area contributed by atoms with Crippen LogP contribution in [-0.4, -0.2) is 14.7 Å². The summed E-state index contributed by atoms with van der Waals surface area (Å²) in [5, 5.41) is 9.74. The third kappa shape index (κ3) is 2.03. The number of rotatable bonds is 1. The summed E-state index contributed by atoms with van der Waals surface area (Å²) in [7, 11) is 1.59. The number of phenolic OH excluding ortho intramolecular Hbond substituents is 1. The molecule has 1 N–H and O–H groups in total. The average molecular weight is 313 g/mol. The lowest BCUT2D eigenvalue weighted by atomic mass is 10.1. The summed E-state index contributed by atoms with van der Waals surface area (Å²) in [5.74, 6) is -5.56. The van der Waals surface area contributed by atoms with E-state index in [-0.39, 0.29) is 11.4 Å². The lowest BCUT2D eigenvalue weighted by molar-refractivity contribution is 0.377. The van der Waals surface area contributed by atoms with Crippen molar-refractivity contribution in [1.82, 2.24) is 9.55 Å². The van der Waals surface area contributed by atoms with E-state index in [4.69, 9.17) is 11.6 Å². The lowest BCUT2D eigenvalue weighted by Crippen LogP contribution is -1.98. The Kier molecular flexibility index (Phi) is 3.06. The largest absolute Gasteiger partial charge is 0.503 e. The number of nitrogens with zero attached hydrogens (tertiary/aromatic N) is 2. The highest BCUT2D eigenvalue weighted by atomic mass is 35.5. The molecule has 2 aromatic carbocycles. The average Bonchev–Trinajstić information content (AvgIpc) is 2.77. The Balaban J connectivity index is 2.33. The number of benzene rings is 2. The van der Waals surface area contributed by atoms with Crippen molar-refractivity contribution < 1.29 is 18.3 Å². The van der Waals surface area contributed by atoms with E-state index in [0.717, 1.165) is 0 Å². The molecule has 0 amide bonds. The standard InChI is InChI=1S/C14H8ClF3N2O/c1-20-10-3-2-6(15)4-9(10)19-14(20)7-5-8(16)12(18)13(21)11(7)17/h2-5,21H,1H3. The van der Waals surface area contributed by atoms with Crippen molar-refractivity contribution in [3.8, 4) is 17.1 Å². The third-order valence-electron chi connectivity index (χ3n) is 3.22. The van der Waals surface area contributed by atoms with E-state index in [9.17, 15) is 18.3 Å². The highest BCUT2D eigenvalue weighted by Gasteiger charge is 2.22. The van der Waals surface area contributed by atoms with Crippen molar-refractivity contribution in [2.75, 3.05) is 0 Å². The number of phenols is 1. The summed E-state index contributed by atoms with van der Waals surface area (Å²) in [5.41, 5.74) is 0.780. The maximum atomic E-state index is 14.0. The molecule has 0 aliphatic carbocycles. The molecule has 108 valence electrons. The summed E-state index contributed by atoms with van der Waals surface area (Å²) in [6, 6.07) is 5.53. The monoisotopic (exact) mass is 312 g/mol. The topological polar surface area (TPSA) is 38.0 Å². The number of hydrogen-bond acceptors (Lipinski definition) is 2. The summed E-state index contributed by atoms with van der Waals surface area (Å²) >= 11 is 5.86. The summed E-state index contributed by atoms with van der Waals surface area (Å²) in [6.07, 6.45) is 0. The number of aryl methyl sites for hydroxylation is 1. The fourth-order valence-electron chi connectivity index (χ4n) is 2.17. The van der Waals surface area contributed by atoms with E-state index in [1.54, 1.807) is 25.2 Å². The van der Waals surface area contributed by atoms with Gasteiger partial charge in [0.2, 0.25) is 5.82 Å². The van der Waals surface area contributed by atoms with Crippen molar-refractivity contribution in [1.29, 1.82) is 0 Å². The third-order valence-corrected chi connectivity index (χ3v) is 3.45. The first-order valence-corrected chi connectivity index (χ1v) is 6.26. The van der Waals surface area contributed by atoms with E-state index >= 15 is 0 Å². The molecule has 3 rings (SSSR count). The zero-order valence-corrected chi connectivity index (χ0v) is 11.4. The molecular weight excluding hydrogens is 305 g/mol. The van der Waals surface area contributed by atoms with Gasteiger partial charge in [-0.05, 0) is 24.3 Å². The predicted molar refractivity (Wildman–Crippen MR) is 72.7 cm³/mol. The van der Waals surface area contributed by atoms with Crippen LogP contribution in [0.15, 0.2) is 24.3 Å². The number of aromatic nitrogens is 2. The van der Waals surface area contributed by atoms with Gasteiger partial charge in [0.05, 0.1) is 16.6 Å². The van der Waals surface area contributed by atoms with Gasteiger partial charge in [0, 0.05) is 12.1 Å². The van der Waals surface area contributed by atoms with Crippen molar-refractivity contribution in [3.05, 3.63) is 46.7 Å². The maximum absolute atomic E-state index is 14.0. The van der Waals surface area contributed by atoms with Gasteiger partial charge in [-0.3, -0.25) is 0 Å². The van der Waals surface area contributed by atoms with Crippen molar-refractivity contribution in [3.63, 3.8) is 0 Å². The molecule has 0 aliphatic heterocycles. The molecule has 0 radical (unpaired) electrons. The van der Waals surface area contributed by atoms with Crippen LogP contribution < -0.4 is 0 Å². The molecule has 0 saturated heterocycles. The quantitative estimate of drug-likeness (QED) is 0.689. The van der Waals surface area contributed by atoms with Gasteiger partial charge in [-0.25, -0.2) is 13.8 Å². The number of halogens is 4. The van der Waals surface area contributed by atoms with Crippen LogP contribution in [0.25, 0.3) is 22.4 Å². The Morgan fingerprint density at radius 2 is 1.86 bits per heavy atom. The van der Waals surface area contributed by atoms with Gasteiger partial charge in [0.15, 0.2) is 17.4 Å². The van der Waals surface area contributed by atoms with Crippen LogP contribution in [0.1, 0.15) is 0 Å². The minimum atomic E-state index is -1.63. The molecule has 3 nitrogen and oxygen atoms in total. The zero-order valence-electron chi connectivity index (χ0n) is 10.7. The molecule has 0 fully saturated rings. The molecule has 21 heavy (non-hydrogen) atoms. The molecule has 0 saturated carbocycles. The number of aromatic hydroxyl groups is 1. The number of fused-ring (bicyclic) bond motifs is 1. The van der Waals surface area contributed by atoms with E-state index in [1.807, 2.05) is 0 Å². The second-order valence-electron chi connectivity index (χ2n) is 4.51. The molecule has 0 atom stereocenters. The maximum Gasteiger partial charge on any atom is 0.203 e. The molecule has 0 aliphatic rings. The van der Waals surface area contributed by atoms with Crippen LogP contribution in [0.5, 0.6) is 5.75 Å². The van der Waals surface area contributed by atoms with Gasteiger partial charge in [0.1, 0.15) is 5.82 Å². The van der Waals surface area contributed by atoms with Gasteiger partial charge >= 0.3 is 0 Å². The van der Waals surface area contributed by atoms with Crippen molar-refractivity contribution in [2.45, 2.75) is 0 Å². The van der Waals surface area contributed by atoms with Gasteiger partial charge < -0.3 is 9.67 Å². The van der Waals surface area contributed by atoms with E-state index in [1.165, 1.54) is 4.57 Å². The lowest BCUT2D eigenvalue weighted by Gasteiger charge is -2.07. The van der Waals surface area contributed by atoms with Crippen LogP contribution in [-0.2, 0) is 7.05 Å². The predicted octanol–water partition coefficient (Wildman–Crippen LogP) is 4.02. The van der Waals surface area contributed by atoms with Gasteiger partial charge in [-0.2, -0.15) is 4.39 Å². The zero-order chi connectivity index (χ0) is 15.3. The Morgan fingerprint density at radius 1 is 1.14 bits per heavy atom.